The van der Waals surface area contributed by atoms with Crippen LogP contribution in [-0.4, -0.2) is 42.4 Å². The smallest absolute Gasteiger partial charge is 0.338 e. The van der Waals surface area contributed by atoms with Crippen molar-refractivity contribution in [3.8, 4) is 0 Å². The Bertz CT molecular complexity index is 704. The first-order chi connectivity index (χ1) is 12.6. The highest BCUT2D eigenvalue weighted by atomic mass is 32.1. The van der Waals surface area contributed by atoms with Crippen LogP contribution in [0.1, 0.15) is 36.6 Å². The third kappa shape index (κ3) is 5.37. The van der Waals surface area contributed by atoms with Crippen molar-refractivity contribution >= 4 is 43.0 Å². The number of hydrogen-bond acceptors (Lipinski definition) is 7. The van der Waals surface area contributed by atoms with Crippen LogP contribution in [-0.2, 0) is 9.47 Å². The molecule has 0 saturated carbocycles. The molecule has 0 atom stereocenters. The molecule has 0 saturated heterocycles. The fourth-order valence-electron chi connectivity index (χ4n) is 2.13. The van der Waals surface area contributed by atoms with E-state index in [-0.39, 0.29) is 19.0 Å². The van der Waals surface area contributed by atoms with Gasteiger partial charge in [-0.05, 0) is 24.3 Å². The number of thiol groups is 2. The molecule has 0 spiro atoms. The number of benzene rings is 2. The van der Waals surface area contributed by atoms with E-state index >= 15 is 0 Å². The largest absolute Gasteiger partial charge is 0.461 e. The molecular weight excluding hydrogens is 372 g/mol. The van der Waals surface area contributed by atoms with Gasteiger partial charge in [-0.25, -0.2) is 9.59 Å². The van der Waals surface area contributed by atoms with Crippen molar-refractivity contribution in [2.24, 2.45) is 0 Å². The van der Waals surface area contributed by atoms with Crippen molar-refractivity contribution in [3.05, 3.63) is 70.8 Å². The van der Waals surface area contributed by atoms with Gasteiger partial charge in [0.1, 0.15) is 13.2 Å². The van der Waals surface area contributed by atoms with Crippen molar-refractivity contribution in [1.82, 2.24) is 0 Å². The lowest BCUT2D eigenvalue weighted by Crippen LogP contribution is -2.09. The van der Waals surface area contributed by atoms with E-state index in [0.29, 0.717) is 33.8 Å². The lowest BCUT2D eigenvalue weighted by atomic mass is 10.0. The summed E-state index contributed by atoms with van der Waals surface area (Å²) in [5.41, 5.74) is 1.60. The highest BCUT2D eigenvalue weighted by Gasteiger charge is 2.13. The lowest BCUT2D eigenvalue weighted by Gasteiger charge is -2.06. The average Bonchev–Trinajstić information content (AvgIpc) is 2.69. The number of hydrogen-bond donors (Lipinski definition) is 2. The van der Waals surface area contributed by atoms with E-state index in [1.807, 2.05) is 0 Å². The molecule has 0 bridgehead atoms. The summed E-state index contributed by atoms with van der Waals surface area (Å²) in [4.78, 5) is 36.0. The van der Waals surface area contributed by atoms with E-state index in [1.165, 1.54) is 24.3 Å². The second kappa shape index (κ2) is 10.0. The van der Waals surface area contributed by atoms with Crippen LogP contribution in [0.3, 0.4) is 0 Å². The second-order valence-electron chi connectivity index (χ2n) is 5.20. The number of carbonyl (C=O) groups is 3. The molecular formula is C19H18O5S2. The molecule has 0 N–H and O–H groups in total. The summed E-state index contributed by atoms with van der Waals surface area (Å²) in [6, 6.07) is 12.4. The summed E-state index contributed by atoms with van der Waals surface area (Å²) in [7, 11) is 0. The van der Waals surface area contributed by atoms with E-state index < -0.39 is 11.9 Å². The quantitative estimate of drug-likeness (QED) is 0.412. The molecule has 2 aromatic carbocycles. The standard InChI is InChI=1S/C19H18O5S2/c20-17(13-1-5-15(6-2-13)18(21)23-9-11-25)14-3-7-16(8-4-14)19(22)24-10-12-26/h1-8,25-26H,9-12H2. The predicted molar refractivity (Wildman–Crippen MR) is 105 cm³/mol. The minimum atomic E-state index is -0.456. The zero-order chi connectivity index (χ0) is 18.9. The fourth-order valence-corrected chi connectivity index (χ4v) is 2.31. The zero-order valence-corrected chi connectivity index (χ0v) is 15.7. The van der Waals surface area contributed by atoms with Gasteiger partial charge >= 0.3 is 11.9 Å². The van der Waals surface area contributed by atoms with Crippen molar-refractivity contribution in [2.75, 3.05) is 24.7 Å². The van der Waals surface area contributed by atoms with Gasteiger partial charge in [-0.2, -0.15) is 25.3 Å². The molecule has 0 amide bonds. The zero-order valence-electron chi connectivity index (χ0n) is 13.9. The lowest BCUT2D eigenvalue weighted by molar-refractivity contribution is 0.0521. The van der Waals surface area contributed by atoms with Gasteiger partial charge in [-0.1, -0.05) is 24.3 Å². The molecule has 0 fully saturated rings. The van der Waals surface area contributed by atoms with Gasteiger partial charge in [0.15, 0.2) is 5.78 Å². The maximum absolute atomic E-state index is 12.5. The number of esters is 2. The van der Waals surface area contributed by atoms with Crippen molar-refractivity contribution < 1.29 is 23.9 Å². The van der Waals surface area contributed by atoms with Crippen LogP contribution < -0.4 is 0 Å². The van der Waals surface area contributed by atoms with E-state index in [0.717, 1.165) is 0 Å². The molecule has 0 aliphatic rings. The third-order valence-electron chi connectivity index (χ3n) is 3.41. The van der Waals surface area contributed by atoms with Gasteiger partial charge in [0.25, 0.3) is 0 Å². The maximum Gasteiger partial charge on any atom is 0.338 e. The normalized spacial score (nSPS) is 10.2. The van der Waals surface area contributed by atoms with E-state index in [2.05, 4.69) is 25.3 Å². The first-order valence-corrected chi connectivity index (χ1v) is 9.14. The predicted octanol–water partition coefficient (Wildman–Crippen LogP) is 3.09. The molecule has 0 aromatic heterocycles. The third-order valence-corrected chi connectivity index (χ3v) is 3.78. The van der Waals surface area contributed by atoms with Gasteiger partial charge in [0.05, 0.1) is 11.1 Å². The van der Waals surface area contributed by atoms with Crippen LogP contribution in [0.25, 0.3) is 0 Å². The molecule has 2 rings (SSSR count). The number of ketones is 1. The molecule has 0 heterocycles. The average molecular weight is 390 g/mol. The Hall–Kier alpha value is -2.25. The molecule has 0 unspecified atom stereocenters. The number of carbonyl (C=O) groups excluding carboxylic acids is 3. The maximum atomic E-state index is 12.5. The molecule has 7 heteroatoms. The summed E-state index contributed by atoms with van der Waals surface area (Å²) < 4.78 is 9.95. The van der Waals surface area contributed by atoms with Crippen LogP contribution >= 0.6 is 25.3 Å². The molecule has 136 valence electrons. The minimum absolute atomic E-state index is 0.212. The van der Waals surface area contributed by atoms with E-state index in [9.17, 15) is 14.4 Å². The first kappa shape index (κ1) is 20.1. The molecule has 0 radical (unpaired) electrons. The minimum Gasteiger partial charge on any atom is -0.461 e. The Morgan fingerprint density at radius 1 is 0.615 bits per heavy atom. The van der Waals surface area contributed by atoms with Crippen LogP contribution in [0.4, 0.5) is 0 Å². The van der Waals surface area contributed by atoms with Crippen LogP contribution in [0.15, 0.2) is 48.5 Å². The summed E-state index contributed by atoms with van der Waals surface area (Å²) in [6.07, 6.45) is 0. The Morgan fingerprint density at radius 3 is 1.23 bits per heavy atom. The summed E-state index contributed by atoms with van der Waals surface area (Å²) in [6.45, 7) is 0.455. The molecule has 0 aliphatic carbocycles. The van der Waals surface area contributed by atoms with Crippen molar-refractivity contribution in [1.29, 1.82) is 0 Å². The molecule has 2 aromatic rings. The van der Waals surface area contributed by atoms with Crippen molar-refractivity contribution in [3.63, 3.8) is 0 Å². The molecule has 26 heavy (non-hydrogen) atoms. The fraction of sp³-hybridized carbons (Fsp3) is 0.211. The van der Waals surface area contributed by atoms with E-state index in [4.69, 9.17) is 9.47 Å². The van der Waals surface area contributed by atoms with Gasteiger partial charge in [-0.3, -0.25) is 4.79 Å². The summed E-state index contributed by atoms with van der Waals surface area (Å²) in [5.74, 6) is -0.235. The number of ether oxygens (including phenoxy) is 2. The number of rotatable bonds is 8. The Labute approximate surface area is 162 Å². The second-order valence-corrected chi connectivity index (χ2v) is 6.10. The van der Waals surface area contributed by atoms with Gasteiger partial charge in [0.2, 0.25) is 0 Å². The van der Waals surface area contributed by atoms with Crippen molar-refractivity contribution in [2.45, 2.75) is 0 Å². The van der Waals surface area contributed by atoms with Crippen LogP contribution in [0.5, 0.6) is 0 Å². The van der Waals surface area contributed by atoms with Gasteiger partial charge in [0, 0.05) is 22.6 Å². The molecule has 0 aliphatic heterocycles. The van der Waals surface area contributed by atoms with Crippen LogP contribution in [0.2, 0.25) is 0 Å². The highest BCUT2D eigenvalue weighted by Crippen LogP contribution is 2.14. The SMILES string of the molecule is O=C(OCCS)c1ccc(C(=O)c2ccc(C(=O)OCCS)cc2)cc1. The van der Waals surface area contributed by atoms with Gasteiger partial charge in [-0.15, -0.1) is 0 Å². The monoisotopic (exact) mass is 390 g/mol. The Balaban J connectivity index is 2.06. The first-order valence-electron chi connectivity index (χ1n) is 7.87. The Morgan fingerprint density at radius 2 is 0.923 bits per heavy atom. The van der Waals surface area contributed by atoms with Crippen LogP contribution in [0, 0.1) is 0 Å². The van der Waals surface area contributed by atoms with Gasteiger partial charge < -0.3 is 9.47 Å². The molecule has 5 nitrogen and oxygen atoms in total. The Kier molecular flexibility index (Phi) is 7.74. The highest BCUT2D eigenvalue weighted by molar-refractivity contribution is 7.80. The summed E-state index contributed by atoms with van der Waals surface area (Å²) in [5, 5.41) is 0. The summed E-state index contributed by atoms with van der Waals surface area (Å²) >= 11 is 7.95. The van der Waals surface area contributed by atoms with E-state index in [1.54, 1.807) is 24.3 Å². The topological polar surface area (TPSA) is 69.7 Å².